The Labute approximate surface area is 114 Å². The lowest BCUT2D eigenvalue weighted by Crippen LogP contribution is -2.36. The zero-order chi connectivity index (χ0) is 14.9. The van der Waals surface area contributed by atoms with Crippen LogP contribution in [-0.2, 0) is 0 Å². The summed E-state index contributed by atoms with van der Waals surface area (Å²) in [5.74, 6) is -1.52. The van der Waals surface area contributed by atoms with Gasteiger partial charge in [0.25, 0.3) is 11.6 Å². The van der Waals surface area contributed by atoms with E-state index in [0.717, 1.165) is 19.0 Å². The van der Waals surface area contributed by atoms with E-state index < -0.39 is 22.3 Å². The molecule has 0 aromatic heterocycles. The molecule has 1 unspecified atom stereocenters. The summed E-state index contributed by atoms with van der Waals surface area (Å²) in [6.45, 7) is 1.52. The van der Waals surface area contributed by atoms with E-state index in [-0.39, 0.29) is 17.3 Å². The van der Waals surface area contributed by atoms with E-state index >= 15 is 0 Å². The quantitative estimate of drug-likeness (QED) is 0.484. The van der Waals surface area contributed by atoms with Crippen molar-refractivity contribution in [3.8, 4) is 0 Å². The van der Waals surface area contributed by atoms with Crippen LogP contribution in [0.2, 0.25) is 0 Å². The van der Waals surface area contributed by atoms with Gasteiger partial charge in [0.1, 0.15) is 5.56 Å². The number of nitrogen functional groups attached to an aromatic ring is 1. The molecule has 2 rings (SSSR count). The number of likely N-dealkylation sites (tertiary alicyclic amines) is 1. The number of likely N-dealkylation sites (N-methyl/N-ethyl adjacent to an activating group) is 1. The smallest absolute Gasteiger partial charge is 0.285 e. The highest BCUT2D eigenvalue weighted by Crippen LogP contribution is 2.24. The molecule has 0 bridgehead atoms. The molecule has 0 saturated carbocycles. The van der Waals surface area contributed by atoms with Gasteiger partial charge in [-0.3, -0.25) is 14.9 Å². The summed E-state index contributed by atoms with van der Waals surface area (Å²) in [5, 5.41) is 13.6. The van der Waals surface area contributed by atoms with Crippen LogP contribution in [0.4, 0.5) is 15.8 Å². The Morgan fingerprint density at radius 1 is 1.60 bits per heavy atom. The van der Waals surface area contributed by atoms with Crippen LogP contribution in [0.5, 0.6) is 0 Å². The number of rotatable bonds is 3. The van der Waals surface area contributed by atoms with Crippen molar-refractivity contribution in [1.82, 2.24) is 10.2 Å². The number of hydrogen-bond donors (Lipinski definition) is 2. The first-order chi connectivity index (χ1) is 9.38. The van der Waals surface area contributed by atoms with Crippen molar-refractivity contribution in [2.75, 3.05) is 25.9 Å². The number of benzene rings is 1. The van der Waals surface area contributed by atoms with Crippen LogP contribution in [0, 0.1) is 15.9 Å². The summed E-state index contributed by atoms with van der Waals surface area (Å²) in [6, 6.07) is 1.60. The van der Waals surface area contributed by atoms with Crippen molar-refractivity contribution in [3.63, 3.8) is 0 Å². The Morgan fingerprint density at radius 3 is 2.85 bits per heavy atom. The number of halogens is 1. The minimum atomic E-state index is -0.908. The topological polar surface area (TPSA) is 102 Å². The molecule has 1 aromatic rings. The molecule has 1 fully saturated rings. The van der Waals surface area contributed by atoms with Crippen molar-refractivity contribution in [1.29, 1.82) is 0 Å². The van der Waals surface area contributed by atoms with Crippen LogP contribution in [0.3, 0.4) is 0 Å². The van der Waals surface area contributed by atoms with Crippen LogP contribution in [0.15, 0.2) is 12.1 Å². The Hall–Kier alpha value is -2.22. The minimum absolute atomic E-state index is 0.0709. The van der Waals surface area contributed by atoms with Crippen LogP contribution >= 0.6 is 0 Å². The SMILES string of the molecule is CN1CCC(NC(=O)c2cc(N)c(F)cc2[N+](=O)[O-])C1. The summed E-state index contributed by atoms with van der Waals surface area (Å²) in [4.78, 5) is 24.2. The van der Waals surface area contributed by atoms with Gasteiger partial charge in [-0.25, -0.2) is 4.39 Å². The molecular weight excluding hydrogens is 267 g/mol. The Kier molecular flexibility index (Phi) is 3.84. The zero-order valence-electron chi connectivity index (χ0n) is 10.9. The molecule has 1 saturated heterocycles. The largest absolute Gasteiger partial charge is 0.396 e. The maximum atomic E-state index is 13.3. The molecule has 3 N–H and O–H groups in total. The number of carbonyl (C=O) groups is 1. The van der Waals surface area contributed by atoms with E-state index in [1.165, 1.54) is 0 Å². The first kappa shape index (κ1) is 14.2. The summed E-state index contributed by atoms with van der Waals surface area (Å²) < 4.78 is 13.3. The molecule has 108 valence electrons. The molecule has 1 aliphatic rings. The fourth-order valence-corrected chi connectivity index (χ4v) is 2.23. The van der Waals surface area contributed by atoms with Gasteiger partial charge < -0.3 is 16.0 Å². The Morgan fingerprint density at radius 2 is 2.30 bits per heavy atom. The third kappa shape index (κ3) is 2.85. The molecule has 8 heteroatoms. The molecule has 0 spiro atoms. The predicted molar refractivity (Wildman–Crippen MR) is 70.8 cm³/mol. The zero-order valence-corrected chi connectivity index (χ0v) is 10.9. The maximum Gasteiger partial charge on any atom is 0.285 e. The maximum absolute atomic E-state index is 13.3. The molecule has 1 atom stereocenters. The van der Waals surface area contributed by atoms with Crippen molar-refractivity contribution in [2.45, 2.75) is 12.5 Å². The van der Waals surface area contributed by atoms with Gasteiger partial charge in [0.2, 0.25) is 0 Å². The number of nitrogens with one attached hydrogen (secondary N) is 1. The lowest BCUT2D eigenvalue weighted by atomic mass is 10.1. The van der Waals surface area contributed by atoms with Gasteiger partial charge in [0.05, 0.1) is 16.7 Å². The van der Waals surface area contributed by atoms with Gasteiger partial charge in [-0.2, -0.15) is 0 Å². The van der Waals surface area contributed by atoms with Crippen LogP contribution in [0.1, 0.15) is 16.8 Å². The van der Waals surface area contributed by atoms with Gasteiger partial charge in [-0.15, -0.1) is 0 Å². The predicted octanol–water partition coefficient (Wildman–Crippen LogP) is 0.750. The van der Waals surface area contributed by atoms with Crippen LogP contribution < -0.4 is 11.1 Å². The van der Waals surface area contributed by atoms with E-state index in [1.54, 1.807) is 0 Å². The number of nitro benzene ring substituents is 1. The minimum Gasteiger partial charge on any atom is -0.396 e. The second kappa shape index (κ2) is 5.41. The Balaban J connectivity index is 2.24. The highest BCUT2D eigenvalue weighted by molar-refractivity contribution is 5.99. The van der Waals surface area contributed by atoms with Gasteiger partial charge in [-0.1, -0.05) is 0 Å². The number of nitrogens with two attached hydrogens (primary N) is 1. The second-order valence-corrected chi connectivity index (χ2v) is 4.87. The molecule has 1 heterocycles. The monoisotopic (exact) mass is 282 g/mol. The third-order valence-electron chi connectivity index (χ3n) is 3.28. The molecule has 1 aromatic carbocycles. The summed E-state index contributed by atoms with van der Waals surface area (Å²) >= 11 is 0. The molecule has 0 aliphatic carbocycles. The average molecular weight is 282 g/mol. The van der Waals surface area contributed by atoms with Crippen molar-refractivity contribution in [2.24, 2.45) is 0 Å². The van der Waals surface area contributed by atoms with E-state index in [9.17, 15) is 19.3 Å². The fraction of sp³-hybridized carbons (Fsp3) is 0.417. The number of nitro groups is 1. The standard InChI is InChI=1S/C12H15FN4O3/c1-16-3-2-7(6-16)15-12(18)8-4-10(14)9(13)5-11(8)17(19)20/h4-5,7H,2-3,6,14H2,1H3,(H,15,18). The van der Waals surface area contributed by atoms with Gasteiger partial charge >= 0.3 is 0 Å². The fourth-order valence-electron chi connectivity index (χ4n) is 2.23. The van der Waals surface area contributed by atoms with E-state index in [0.29, 0.717) is 12.6 Å². The van der Waals surface area contributed by atoms with Crippen molar-refractivity contribution in [3.05, 3.63) is 33.6 Å². The van der Waals surface area contributed by atoms with Gasteiger partial charge in [0.15, 0.2) is 5.82 Å². The molecule has 7 nitrogen and oxygen atoms in total. The molecule has 0 radical (unpaired) electrons. The molecule has 20 heavy (non-hydrogen) atoms. The normalized spacial score (nSPS) is 19.0. The lowest BCUT2D eigenvalue weighted by Gasteiger charge is -2.13. The van der Waals surface area contributed by atoms with Crippen molar-refractivity contribution < 1.29 is 14.1 Å². The number of anilines is 1. The van der Waals surface area contributed by atoms with E-state index in [2.05, 4.69) is 5.32 Å². The first-order valence-corrected chi connectivity index (χ1v) is 6.11. The highest BCUT2D eigenvalue weighted by atomic mass is 19.1. The van der Waals surface area contributed by atoms with Gasteiger partial charge in [-0.05, 0) is 26.1 Å². The highest BCUT2D eigenvalue weighted by Gasteiger charge is 2.27. The summed E-state index contributed by atoms with van der Waals surface area (Å²) in [5.41, 5.74) is 4.28. The van der Waals surface area contributed by atoms with Crippen LogP contribution in [0.25, 0.3) is 0 Å². The first-order valence-electron chi connectivity index (χ1n) is 6.11. The number of hydrogen-bond acceptors (Lipinski definition) is 5. The second-order valence-electron chi connectivity index (χ2n) is 4.87. The van der Waals surface area contributed by atoms with Crippen LogP contribution in [-0.4, -0.2) is 41.9 Å². The van der Waals surface area contributed by atoms with E-state index in [1.807, 2.05) is 11.9 Å². The summed E-state index contributed by atoms with van der Waals surface area (Å²) in [6.07, 6.45) is 0.771. The molecule has 1 aliphatic heterocycles. The number of carbonyl (C=O) groups excluding carboxylic acids is 1. The number of amides is 1. The lowest BCUT2D eigenvalue weighted by molar-refractivity contribution is -0.385. The Bertz CT molecular complexity index is 564. The number of nitrogens with zero attached hydrogens (tertiary/aromatic N) is 2. The molecular formula is C12H15FN4O3. The average Bonchev–Trinajstić information content (AvgIpc) is 2.77. The summed E-state index contributed by atoms with van der Waals surface area (Å²) in [7, 11) is 1.92. The van der Waals surface area contributed by atoms with Gasteiger partial charge in [0, 0.05) is 12.6 Å². The molecule has 1 amide bonds. The van der Waals surface area contributed by atoms with E-state index in [4.69, 9.17) is 5.73 Å². The van der Waals surface area contributed by atoms with Crippen molar-refractivity contribution >= 4 is 17.3 Å². The third-order valence-corrected chi connectivity index (χ3v) is 3.28.